The first-order valence-electron chi connectivity index (χ1n) is 10.2. The first-order chi connectivity index (χ1) is 13.1. The van der Waals surface area contributed by atoms with Gasteiger partial charge in [-0.2, -0.15) is 0 Å². The number of nitrogens with zero attached hydrogens (tertiary/aromatic N) is 3. The van der Waals surface area contributed by atoms with E-state index >= 15 is 0 Å². The van der Waals surface area contributed by atoms with E-state index in [2.05, 4.69) is 53.4 Å². The van der Waals surface area contributed by atoms with Crippen LogP contribution in [0, 0.1) is 6.92 Å². The van der Waals surface area contributed by atoms with E-state index in [4.69, 9.17) is 4.74 Å². The molecule has 2 aliphatic rings. The van der Waals surface area contributed by atoms with Gasteiger partial charge in [-0.1, -0.05) is 29.8 Å². The molecule has 1 atom stereocenters. The predicted molar refractivity (Wildman–Crippen MR) is 108 cm³/mol. The molecule has 2 saturated heterocycles. The van der Waals surface area contributed by atoms with Crippen molar-refractivity contribution in [2.24, 2.45) is 0 Å². The molecule has 2 fully saturated rings. The Morgan fingerprint density at radius 2 is 2.11 bits per heavy atom. The highest BCUT2D eigenvalue weighted by Crippen LogP contribution is 2.16. The van der Waals surface area contributed by atoms with Crippen molar-refractivity contribution in [3.8, 4) is 0 Å². The molecule has 6 heteroatoms. The maximum atomic E-state index is 12.8. The van der Waals surface area contributed by atoms with Crippen molar-refractivity contribution >= 4 is 6.03 Å². The average molecular weight is 375 g/mol. The van der Waals surface area contributed by atoms with Gasteiger partial charge in [0.05, 0.1) is 6.10 Å². The van der Waals surface area contributed by atoms with E-state index in [1.54, 1.807) is 0 Å². The van der Waals surface area contributed by atoms with Crippen LogP contribution in [-0.2, 0) is 11.3 Å². The average Bonchev–Trinajstić information content (AvgIpc) is 3.16. The second kappa shape index (κ2) is 10.1. The minimum absolute atomic E-state index is 0.0149. The second-order valence-corrected chi connectivity index (χ2v) is 7.88. The molecule has 1 aromatic rings. The Kier molecular flexibility index (Phi) is 7.50. The van der Waals surface area contributed by atoms with E-state index in [9.17, 15) is 4.79 Å². The molecule has 2 aliphatic heterocycles. The van der Waals surface area contributed by atoms with Crippen LogP contribution in [0.15, 0.2) is 24.3 Å². The van der Waals surface area contributed by atoms with Crippen molar-refractivity contribution < 1.29 is 9.53 Å². The summed E-state index contributed by atoms with van der Waals surface area (Å²) in [6.45, 7) is 10.2. The summed E-state index contributed by atoms with van der Waals surface area (Å²) < 4.78 is 5.77. The molecular weight excluding hydrogens is 340 g/mol. The lowest BCUT2D eigenvalue weighted by molar-refractivity contribution is 0.0791. The molecule has 0 aliphatic carbocycles. The summed E-state index contributed by atoms with van der Waals surface area (Å²) in [5.74, 6) is 0. The topological polar surface area (TPSA) is 48.1 Å². The maximum Gasteiger partial charge on any atom is 0.317 e. The minimum atomic E-state index is 0.0149. The monoisotopic (exact) mass is 374 g/mol. The number of hydrogen-bond acceptors (Lipinski definition) is 4. The van der Waals surface area contributed by atoms with Crippen LogP contribution in [-0.4, -0.2) is 86.3 Å². The summed E-state index contributed by atoms with van der Waals surface area (Å²) >= 11 is 0. The van der Waals surface area contributed by atoms with Gasteiger partial charge in [0.1, 0.15) is 0 Å². The zero-order chi connectivity index (χ0) is 19.1. The van der Waals surface area contributed by atoms with Crippen molar-refractivity contribution in [2.45, 2.75) is 32.4 Å². The van der Waals surface area contributed by atoms with Gasteiger partial charge < -0.3 is 19.9 Å². The molecule has 1 aromatic carbocycles. The third kappa shape index (κ3) is 6.48. The van der Waals surface area contributed by atoms with E-state index in [0.29, 0.717) is 19.6 Å². The number of carbonyl (C=O) groups is 1. The van der Waals surface area contributed by atoms with Crippen molar-refractivity contribution in [2.75, 3.05) is 59.5 Å². The summed E-state index contributed by atoms with van der Waals surface area (Å²) in [5.41, 5.74) is 2.39. The maximum absolute atomic E-state index is 12.8. The molecule has 1 unspecified atom stereocenters. The van der Waals surface area contributed by atoms with Gasteiger partial charge in [0.2, 0.25) is 0 Å². The number of urea groups is 1. The fraction of sp³-hybridized carbons (Fsp3) is 0.667. The van der Waals surface area contributed by atoms with Gasteiger partial charge in [0.15, 0.2) is 0 Å². The van der Waals surface area contributed by atoms with E-state index in [-0.39, 0.29) is 12.1 Å². The van der Waals surface area contributed by atoms with Crippen molar-refractivity contribution in [3.05, 3.63) is 35.4 Å². The van der Waals surface area contributed by atoms with Crippen LogP contribution in [0.5, 0.6) is 0 Å². The van der Waals surface area contributed by atoms with E-state index in [1.165, 1.54) is 11.1 Å². The summed E-state index contributed by atoms with van der Waals surface area (Å²) in [5, 5.41) is 3.13. The highest BCUT2D eigenvalue weighted by molar-refractivity contribution is 5.74. The molecule has 2 amide bonds. The van der Waals surface area contributed by atoms with E-state index in [1.807, 2.05) is 4.90 Å². The van der Waals surface area contributed by atoms with Crippen LogP contribution in [0.2, 0.25) is 0 Å². The number of piperazine rings is 1. The molecule has 0 spiro atoms. The van der Waals surface area contributed by atoms with E-state index < -0.39 is 0 Å². The molecule has 0 bridgehead atoms. The third-order valence-electron chi connectivity index (χ3n) is 5.49. The predicted octanol–water partition coefficient (Wildman–Crippen LogP) is 1.93. The normalized spacial score (nSPS) is 21.3. The van der Waals surface area contributed by atoms with Gasteiger partial charge in [0, 0.05) is 59.0 Å². The van der Waals surface area contributed by atoms with Gasteiger partial charge in [-0.3, -0.25) is 4.90 Å². The van der Waals surface area contributed by atoms with Crippen LogP contribution in [0.1, 0.15) is 24.0 Å². The number of aryl methyl sites for hydroxylation is 1. The van der Waals surface area contributed by atoms with Crippen LogP contribution < -0.4 is 5.32 Å². The SMILES string of the molecule is Cc1cccc(CN(CC2CCCO2)C(=O)NCCN2CCN(C)CC2)c1. The van der Waals surface area contributed by atoms with Crippen LogP contribution in [0.4, 0.5) is 4.79 Å². The molecule has 6 nitrogen and oxygen atoms in total. The summed E-state index contributed by atoms with van der Waals surface area (Å²) in [7, 11) is 2.16. The number of amides is 2. The largest absolute Gasteiger partial charge is 0.376 e. The molecule has 1 N–H and O–H groups in total. The molecule has 0 radical (unpaired) electrons. The Morgan fingerprint density at radius 1 is 1.30 bits per heavy atom. The van der Waals surface area contributed by atoms with Gasteiger partial charge >= 0.3 is 6.03 Å². The van der Waals surface area contributed by atoms with Crippen molar-refractivity contribution in [3.63, 3.8) is 0 Å². The number of carbonyl (C=O) groups excluding carboxylic acids is 1. The smallest absolute Gasteiger partial charge is 0.317 e. The van der Waals surface area contributed by atoms with Crippen LogP contribution in [0.25, 0.3) is 0 Å². The molecule has 3 rings (SSSR count). The Balaban J connectivity index is 1.51. The summed E-state index contributed by atoms with van der Waals surface area (Å²) in [4.78, 5) is 19.5. The Morgan fingerprint density at radius 3 is 2.81 bits per heavy atom. The fourth-order valence-electron chi connectivity index (χ4n) is 3.79. The first-order valence-corrected chi connectivity index (χ1v) is 10.2. The Labute approximate surface area is 163 Å². The third-order valence-corrected chi connectivity index (χ3v) is 5.49. The number of likely N-dealkylation sites (N-methyl/N-ethyl adjacent to an activating group) is 1. The van der Waals surface area contributed by atoms with Crippen molar-refractivity contribution in [1.29, 1.82) is 0 Å². The standard InChI is InChI=1S/C21H34N4O2/c1-18-5-3-6-19(15-18)16-25(17-20-7-4-14-27-20)21(26)22-8-9-24-12-10-23(2)11-13-24/h3,5-6,15,20H,4,7-14,16-17H2,1-2H3,(H,22,26). The highest BCUT2D eigenvalue weighted by atomic mass is 16.5. The molecule has 2 heterocycles. The number of hydrogen-bond donors (Lipinski definition) is 1. The molecule has 150 valence electrons. The molecule has 0 saturated carbocycles. The van der Waals surface area contributed by atoms with Gasteiger partial charge in [0.25, 0.3) is 0 Å². The summed E-state index contributed by atoms with van der Waals surface area (Å²) in [6.07, 6.45) is 2.30. The lowest BCUT2D eigenvalue weighted by atomic mass is 10.1. The van der Waals surface area contributed by atoms with Gasteiger partial charge in [-0.25, -0.2) is 4.79 Å². The fourth-order valence-corrected chi connectivity index (χ4v) is 3.79. The first kappa shape index (κ1) is 20.1. The van der Waals surface area contributed by atoms with Crippen LogP contribution >= 0.6 is 0 Å². The van der Waals surface area contributed by atoms with Gasteiger partial charge in [-0.15, -0.1) is 0 Å². The summed E-state index contributed by atoms with van der Waals surface area (Å²) in [6, 6.07) is 8.40. The second-order valence-electron chi connectivity index (χ2n) is 7.88. The zero-order valence-electron chi connectivity index (χ0n) is 16.8. The quantitative estimate of drug-likeness (QED) is 0.792. The van der Waals surface area contributed by atoms with E-state index in [0.717, 1.165) is 52.2 Å². The number of rotatable bonds is 7. The number of benzene rings is 1. The number of ether oxygens (including phenoxy) is 1. The highest BCUT2D eigenvalue weighted by Gasteiger charge is 2.23. The van der Waals surface area contributed by atoms with Crippen molar-refractivity contribution in [1.82, 2.24) is 20.0 Å². The van der Waals surface area contributed by atoms with Crippen LogP contribution in [0.3, 0.4) is 0 Å². The zero-order valence-corrected chi connectivity index (χ0v) is 16.8. The molecule has 27 heavy (non-hydrogen) atoms. The van der Waals surface area contributed by atoms with Gasteiger partial charge in [-0.05, 0) is 32.4 Å². The molecule has 0 aromatic heterocycles. The molecular formula is C21H34N4O2. The number of nitrogens with one attached hydrogen (secondary N) is 1. The Hall–Kier alpha value is -1.63. The Bertz CT molecular complexity index is 596. The minimum Gasteiger partial charge on any atom is -0.376 e. The lowest BCUT2D eigenvalue weighted by Gasteiger charge is -2.32. The lowest BCUT2D eigenvalue weighted by Crippen LogP contribution is -2.49.